The standard InChI is InChI=1S/C19H27Cl2NO4S/c1-22(19(23)11-14-5-3-4-6-14)13-16(9-10-26-27(2,24)25)15-7-8-17(20)18(21)12-15/h7-8,12,14,16H,3-6,9-11,13H2,1-2H3/t16-/m1/s1. The second kappa shape index (κ2) is 10.1. The maximum absolute atomic E-state index is 12.6. The predicted octanol–water partition coefficient (Wildman–Crippen LogP) is 4.48. The Bertz CT molecular complexity index is 748. The minimum atomic E-state index is -3.51. The number of carbonyl (C=O) groups is 1. The molecule has 1 fully saturated rings. The first-order chi connectivity index (χ1) is 12.7. The predicted molar refractivity (Wildman–Crippen MR) is 109 cm³/mol. The van der Waals surface area contributed by atoms with Gasteiger partial charge in [0.1, 0.15) is 0 Å². The van der Waals surface area contributed by atoms with E-state index >= 15 is 0 Å². The third kappa shape index (κ3) is 7.60. The SMILES string of the molecule is CN(C[C@@H](CCOS(C)(=O)=O)c1ccc(Cl)c(Cl)c1)C(=O)CC1CCCC1. The lowest BCUT2D eigenvalue weighted by Crippen LogP contribution is -2.32. The summed E-state index contributed by atoms with van der Waals surface area (Å²) in [5.74, 6) is 0.506. The van der Waals surface area contributed by atoms with Crippen molar-refractivity contribution in [3.05, 3.63) is 33.8 Å². The molecule has 5 nitrogen and oxygen atoms in total. The van der Waals surface area contributed by atoms with Crippen molar-refractivity contribution in [2.75, 3.05) is 26.5 Å². The number of hydrogen-bond donors (Lipinski definition) is 0. The van der Waals surface area contributed by atoms with Gasteiger partial charge in [-0.25, -0.2) is 0 Å². The number of rotatable bonds is 9. The Morgan fingerprint density at radius 3 is 2.52 bits per heavy atom. The minimum Gasteiger partial charge on any atom is -0.345 e. The highest BCUT2D eigenvalue weighted by molar-refractivity contribution is 7.85. The van der Waals surface area contributed by atoms with Gasteiger partial charge in [-0.2, -0.15) is 8.42 Å². The molecule has 27 heavy (non-hydrogen) atoms. The van der Waals surface area contributed by atoms with Crippen LogP contribution >= 0.6 is 23.2 Å². The highest BCUT2D eigenvalue weighted by atomic mass is 35.5. The lowest BCUT2D eigenvalue weighted by atomic mass is 9.95. The van der Waals surface area contributed by atoms with Gasteiger partial charge in [-0.1, -0.05) is 42.1 Å². The van der Waals surface area contributed by atoms with Crippen molar-refractivity contribution in [3.8, 4) is 0 Å². The van der Waals surface area contributed by atoms with E-state index in [1.54, 1.807) is 24.1 Å². The summed E-state index contributed by atoms with van der Waals surface area (Å²) in [5.41, 5.74) is 0.905. The van der Waals surface area contributed by atoms with Gasteiger partial charge in [0.2, 0.25) is 5.91 Å². The smallest absolute Gasteiger partial charge is 0.264 e. The Kier molecular flexibility index (Phi) is 8.40. The van der Waals surface area contributed by atoms with Gasteiger partial charge < -0.3 is 4.90 Å². The highest BCUT2D eigenvalue weighted by Gasteiger charge is 2.23. The molecule has 1 aromatic rings. The normalized spacial score (nSPS) is 16.4. The molecule has 0 unspecified atom stereocenters. The summed E-state index contributed by atoms with van der Waals surface area (Å²) in [6.45, 7) is 0.519. The Morgan fingerprint density at radius 1 is 1.26 bits per heavy atom. The van der Waals surface area contributed by atoms with Gasteiger partial charge in [0.05, 0.1) is 22.9 Å². The molecular formula is C19H27Cl2NO4S. The van der Waals surface area contributed by atoms with Crippen LogP contribution in [0.3, 0.4) is 0 Å². The fraction of sp³-hybridized carbons (Fsp3) is 0.632. The minimum absolute atomic E-state index is 0.0500. The Morgan fingerprint density at radius 2 is 1.93 bits per heavy atom. The zero-order valence-corrected chi connectivity index (χ0v) is 18.1. The molecule has 8 heteroatoms. The second-order valence-corrected chi connectivity index (χ2v) is 9.77. The van der Waals surface area contributed by atoms with Gasteiger partial charge in [-0.05, 0) is 42.9 Å². The maximum Gasteiger partial charge on any atom is 0.264 e. The number of nitrogens with zero attached hydrogens (tertiary/aromatic N) is 1. The topological polar surface area (TPSA) is 63.7 Å². The van der Waals surface area contributed by atoms with Crippen LogP contribution in [0, 0.1) is 5.92 Å². The molecule has 0 bridgehead atoms. The number of hydrogen-bond acceptors (Lipinski definition) is 4. The van der Waals surface area contributed by atoms with Crippen molar-refractivity contribution in [2.24, 2.45) is 5.92 Å². The van der Waals surface area contributed by atoms with Crippen molar-refractivity contribution in [3.63, 3.8) is 0 Å². The first-order valence-corrected chi connectivity index (χ1v) is 11.8. The summed E-state index contributed by atoms with van der Waals surface area (Å²) in [5, 5.41) is 0.889. The number of halogens is 2. The first kappa shape index (κ1) is 22.5. The van der Waals surface area contributed by atoms with Crippen molar-refractivity contribution in [1.29, 1.82) is 0 Å². The number of likely N-dealkylation sites (N-methyl/N-ethyl adjacent to an activating group) is 1. The number of carbonyl (C=O) groups excluding carboxylic acids is 1. The van der Waals surface area contributed by atoms with E-state index in [0.717, 1.165) is 24.7 Å². The average molecular weight is 436 g/mol. The maximum atomic E-state index is 12.6. The molecule has 2 rings (SSSR count). The third-order valence-electron chi connectivity index (χ3n) is 5.04. The van der Waals surface area contributed by atoms with Crippen LogP contribution in [-0.4, -0.2) is 45.7 Å². The molecule has 1 atom stereocenters. The summed E-state index contributed by atoms with van der Waals surface area (Å²) >= 11 is 12.1. The van der Waals surface area contributed by atoms with E-state index in [4.69, 9.17) is 27.4 Å². The summed E-state index contributed by atoms with van der Waals surface area (Å²) in [6, 6.07) is 5.34. The molecular weight excluding hydrogens is 409 g/mol. The van der Waals surface area contributed by atoms with E-state index in [0.29, 0.717) is 35.3 Å². The van der Waals surface area contributed by atoms with Crippen LogP contribution in [0.25, 0.3) is 0 Å². The lowest BCUT2D eigenvalue weighted by Gasteiger charge is -2.26. The summed E-state index contributed by atoms with van der Waals surface area (Å²) in [7, 11) is -1.71. The zero-order valence-electron chi connectivity index (χ0n) is 15.8. The fourth-order valence-corrected chi connectivity index (χ4v) is 4.23. The van der Waals surface area contributed by atoms with E-state index in [9.17, 15) is 13.2 Å². The molecule has 0 saturated heterocycles. The van der Waals surface area contributed by atoms with E-state index in [2.05, 4.69) is 0 Å². The van der Waals surface area contributed by atoms with Crippen LogP contribution in [-0.2, 0) is 19.1 Å². The van der Waals surface area contributed by atoms with Gasteiger partial charge >= 0.3 is 0 Å². The molecule has 0 radical (unpaired) electrons. The van der Waals surface area contributed by atoms with Crippen LogP contribution in [0.1, 0.15) is 50.0 Å². The highest BCUT2D eigenvalue weighted by Crippen LogP contribution is 2.30. The van der Waals surface area contributed by atoms with Crippen LogP contribution < -0.4 is 0 Å². The van der Waals surface area contributed by atoms with E-state index < -0.39 is 10.1 Å². The molecule has 1 aliphatic carbocycles. The molecule has 1 saturated carbocycles. The van der Waals surface area contributed by atoms with Gasteiger partial charge in [0.15, 0.2) is 0 Å². The quantitative estimate of drug-likeness (QED) is 0.536. The third-order valence-corrected chi connectivity index (χ3v) is 6.37. The molecule has 0 N–H and O–H groups in total. The Balaban J connectivity index is 2.05. The van der Waals surface area contributed by atoms with Gasteiger partial charge in [-0.3, -0.25) is 8.98 Å². The van der Waals surface area contributed by atoms with E-state index in [-0.39, 0.29) is 18.4 Å². The summed E-state index contributed by atoms with van der Waals surface area (Å²) in [6.07, 6.45) is 6.71. The molecule has 0 aromatic heterocycles. The van der Waals surface area contributed by atoms with Gasteiger partial charge in [-0.15, -0.1) is 0 Å². The first-order valence-electron chi connectivity index (χ1n) is 9.19. The van der Waals surface area contributed by atoms with E-state index in [1.807, 2.05) is 6.07 Å². The second-order valence-electron chi connectivity index (χ2n) is 7.31. The Labute approximate surface area is 172 Å². The average Bonchev–Trinajstić information content (AvgIpc) is 3.08. The molecule has 1 aliphatic rings. The monoisotopic (exact) mass is 435 g/mol. The van der Waals surface area contributed by atoms with Crippen molar-refractivity contribution >= 4 is 39.2 Å². The summed E-state index contributed by atoms with van der Waals surface area (Å²) < 4.78 is 27.4. The van der Waals surface area contributed by atoms with E-state index in [1.165, 1.54) is 12.8 Å². The van der Waals surface area contributed by atoms with Gasteiger partial charge in [0.25, 0.3) is 10.1 Å². The zero-order chi connectivity index (χ0) is 20.0. The molecule has 0 heterocycles. The molecule has 1 amide bonds. The summed E-state index contributed by atoms with van der Waals surface area (Å²) in [4.78, 5) is 14.3. The molecule has 0 aliphatic heterocycles. The fourth-order valence-electron chi connectivity index (χ4n) is 3.52. The van der Waals surface area contributed by atoms with Crippen molar-refractivity contribution < 1.29 is 17.4 Å². The number of benzene rings is 1. The molecule has 0 spiro atoms. The van der Waals surface area contributed by atoms with Crippen LogP contribution in [0.4, 0.5) is 0 Å². The Hall–Kier alpha value is -0.820. The van der Waals surface area contributed by atoms with Crippen molar-refractivity contribution in [2.45, 2.75) is 44.4 Å². The van der Waals surface area contributed by atoms with Crippen LogP contribution in [0.2, 0.25) is 10.0 Å². The lowest BCUT2D eigenvalue weighted by molar-refractivity contribution is -0.131. The number of amides is 1. The molecule has 1 aromatic carbocycles. The molecule has 152 valence electrons. The van der Waals surface area contributed by atoms with Gasteiger partial charge in [0, 0.05) is 25.9 Å². The largest absolute Gasteiger partial charge is 0.345 e. The van der Waals surface area contributed by atoms with Crippen LogP contribution in [0.15, 0.2) is 18.2 Å². The van der Waals surface area contributed by atoms with Crippen LogP contribution in [0.5, 0.6) is 0 Å². The van der Waals surface area contributed by atoms with Crippen molar-refractivity contribution in [1.82, 2.24) is 4.90 Å².